The van der Waals surface area contributed by atoms with Crippen LogP contribution in [0.1, 0.15) is 16.7 Å². The monoisotopic (exact) mass is 372 g/mol. The Morgan fingerprint density at radius 2 is 1.84 bits per heavy atom. The second-order valence-corrected chi connectivity index (χ2v) is 5.79. The molecule has 134 valence electrons. The van der Waals surface area contributed by atoms with E-state index in [1.165, 1.54) is 6.07 Å². The quantitative estimate of drug-likeness (QED) is 0.731. The predicted octanol–water partition coefficient (Wildman–Crippen LogP) is 5.13. The Bertz CT molecular complexity index is 779. The molecule has 0 aromatic heterocycles. The van der Waals surface area contributed by atoms with Gasteiger partial charge in [0.05, 0.1) is 11.3 Å². The number of hydrogen-bond donors (Lipinski definition) is 2. The number of alkyl halides is 3. The summed E-state index contributed by atoms with van der Waals surface area (Å²) in [6.45, 7) is 3.68. The van der Waals surface area contributed by atoms with Gasteiger partial charge in [-0.2, -0.15) is 13.2 Å². The van der Waals surface area contributed by atoms with Gasteiger partial charge in [-0.1, -0.05) is 17.7 Å². The standard InChI is InChI=1S/C17H16ClF3N2O2/c1-10-3-5-13(7-11(10)2)25-9-22-16(24)23-15-6-4-12(18)8-14(15)17(19,20)21/h3-8H,9H2,1-2H3,(H2,22,23,24). The Morgan fingerprint density at radius 3 is 2.48 bits per heavy atom. The summed E-state index contributed by atoms with van der Waals surface area (Å²) in [6, 6.07) is 7.69. The maximum Gasteiger partial charge on any atom is 0.418 e. The molecule has 0 spiro atoms. The summed E-state index contributed by atoms with van der Waals surface area (Å²) in [6.07, 6.45) is -4.64. The van der Waals surface area contributed by atoms with Gasteiger partial charge < -0.3 is 15.4 Å². The number of hydrogen-bond acceptors (Lipinski definition) is 2. The minimum absolute atomic E-state index is 0.0728. The van der Waals surface area contributed by atoms with Crippen molar-refractivity contribution in [2.45, 2.75) is 20.0 Å². The van der Waals surface area contributed by atoms with Crippen molar-refractivity contribution in [2.24, 2.45) is 0 Å². The van der Waals surface area contributed by atoms with Gasteiger partial charge >= 0.3 is 12.2 Å². The van der Waals surface area contributed by atoms with Crippen LogP contribution in [0.25, 0.3) is 0 Å². The first-order valence-corrected chi connectivity index (χ1v) is 7.66. The molecule has 0 atom stereocenters. The van der Waals surface area contributed by atoms with E-state index in [2.05, 4.69) is 10.6 Å². The molecule has 0 aliphatic heterocycles. The molecule has 0 aliphatic rings. The van der Waals surface area contributed by atoms with Crippen LogP contribution in [0.4, 0.5) is 23.7 Å². The Hall–Kier alpha value is -2.41. The van der Waals surface area contributed by atoms with Crippen LogP contribution >= 0.6 is 11.6 Å². The molecule has 2 aromatic carbocycles. The SMILES string of the molecule is Cc1ccc(OCNC(=O)Nc2ccc(Cl)cc2C(F)(F)F)cc1C. The average Bonchev–Trinajstić information content (AvgIpc) is 2.51. The third-order valence-electron chi connectivity index (χ3n) is 3.49. The molecule has 0 fully saturated rings. The Labute approximate surface area is 147 Å². The molecule has 2 N–H and O–H groups in total. The van der Waals surface area contributed by atoms with Crippen LogP contribution in [0.2, 0.25) is 5.02 Å². The van der Waals surface area contributed by atoms with Crippen LogP contribution in [0.5, 0.6) is 5.75 Å². The number of ether oxygens (including phenoxy) is 1. The number of carbonyl (C=O) groups is 1. The molecule has 2 rings (SSSR count). The minimum atomic E-state index is -4.64. The van der Waals surface area contributed by atoms with Crippen molar-refractivity contribution in [2.75, 3.05) is 12.0 Å². The molecule has 8 heteroatoms. The highest BCUT2D eigenvalue weighted by molar-refractivity contribution is 6.30. The fraction of sp³-hybridized carbons (Fsp3) is 0.235. The largest absolute Gasteiger partial charge is 0.473 e. The zero-order chi connectivity index (χ0) is 18.6. The van der Waals surface area contributed by atoms with Gasteiger partial charge in [-0.25, -0.2) is 4.79 Å². The number of benzene rings is 2. The normalized spacial score (nSPS) is 11.1. The van der Waals surface area contributed by atoms with Crippen LogP contribution in [-0.2, 0) is 6.18 Å². The lowest BCUT2D eigenvalue weighted by Crippen LogP contribution is -2.32. The van der Waals surface area contributed by atoms with Gasteiger partial charge in [0, 0.05) is 5.02 Å². The lowest BCUT2D eigenvalue weighted by atomic mass is 10.1. The lowest BCUT2D eigenvalue weighted by molar-refractivity contribution is -0.136. The number of amides is 2. The van der Waals surface area contributed by atoms with Crippen LogP contribution in [0.15, 0.2) is 36.4 Å². The summed E-state index contributed by atoms with van der Waals surface area (Å²) in [5, 5.41) is 4.40. The highest BCUT2D eigenvalue weighted by atomic mass is 35.5. The molecule has 0 heterocycles. The lowest BCUT2D eigenvalue weighted by Gasteiger charge is -2.15. The molecule has 0 bridgehead atoms. The number of rotatable bonds is 4. The van der Waals surface area contributed by atoms with Crippen LogP contribution in [-0.4, -0.2) is 12.8 Å². The maximum absolute atomic E-state index is 13.0. The zero-order valence-corrected chi connectivity index (χ0v) is 14.3. The molecule has 0 radical (unpaired) electrons. The third-order valence-corrected chi connectivity index (χ3v) is 3.72. The van der Waals surface area contributed by atoms with Crippen molar-refractivity contribution in [1.82, 2.24) is 5.32 Å². The van der Waals surface area contributed by atoms with Crippen molar-refractivity contribution in [1.29, 1.82) is 0 Å². The number of urea groups is 1. The number of carbonyl (C=O) groups excluding carboxylic acids is 1. The van der Waals surface area contributed by atoms with Gasteiger partial charge in [0.15, 0.2) is 6.73 Å². The second-order valence-electron chi connectivity index (χ2n) is 5.35. The van der Waals surface area contributed by atoms with E-state index in [9.17, 15) is 18.0 Å². The summed E-state index contributed by atoms with van der Waals surface area (Å²) in [4.78, 5) is 11.8. The van der Waals surface area contributed by atoms with E-state index in [0.717, 1.165) is 23.3 Å². The topological polar surface area (TPSA) is 50.4 Å². The first-order valence-electron chi connectivity index (χ1n) is 7.28. The molecule has 0 saturated heterocycles. The van der Waals surface area contributed by atoms with E-state index >= 15 is 0 Å². The molecule has 2 aromatic rings. The van der Waals surface area contributed by atoms with Crippen LogP contribution in [0, 0.1) is 13.8 Å². The number of halogens is 4. The summed E-state index contributed by atoms with van der Waals surface area (Å²) in [5.74, 6) is 0.547. The highest BCUT2D eigenvalue weighted by Crippen LogP contribution is 2.36. The van der Waals surface area contributed by atoms with E-state index in [0.29, 0.717) is 5.75 Å². The fourth-order valence-corrected chi connectivity index (χ4v) is 2.19. The van der Waals surface area contributed by atoms with Crippen molar-refractivity contribution in [3.05, 3.63) is 58.1 Å². The molecule has 0 saturated carbocycles. The van der Waals surface area contributed by atoms with Gasteiger partial charge in [-0.15, -0.1) is 0 Å². The van der Waals surface area contributed by atoms with Gasteiger partial charge in [-0.3, -0.25) is 0 Å². The van der Waals surface area contributed by atoms with E-state index in [4.69, 9.17) is 16.3 Å². The highest BCUT2D eigenvalue weighted by Gasteiger charge is 2.34. The molecule has 0 unspecified atom stereocenters. The van der Waals surface area contributed by atoms with Crippen molar-refractivity contribution in [3.63, 3.8) is 0 Å². The molecule has 0 aliphatic carbocycles. The summed E-state index contributed by atoms with van der Waals surface area (Å²) < 4.78 is 44.3. The van der Waals surface area contributed by atoms with E-state index < -0.39 is 17.8 Å². The van der Waals surface area contributed by atoms with E-state index in [1.54, 1.807) is 12.1 Å². The van der Waals surface area contributed by atoms with Gasteiger partial charge in [0.2, 0.25) is 0 Å². The molecule has 25 heavy (non-hydrogen) atoms. The summed E-state index contributed by atoms with van der Waals surface area (Å²) in [7, 11) is 0. The molecular weight excluding hydrogens is 357 g/mol. The summed E-state index contributed by atoms with van der Waals surface area (Å²) in [5.41, 5.74) is 0.712. The second kappa shape index (κ2) is 7.65. The van der Waals surface area contributed by atoms with E-state index in [1.807, 2.05) is 19.9 Å². The van der Waals surface area contributed by atoms with Crippen molar-refractivity contribution in [3.8, 4) is 5.75 Å². The smallest absolute Gasteiger partial charge is 0.418 e. The Morgan fingerprint density at radius 1 is 1.12 bits per heavy atom. The van der Waals surface area contributed by atoms with E-state index in [-0.39, 0.29) is 17.4 Å². The molecule has 4 nitrogen and oxygen atoms in total. The van der Waals surface area contributed by atoms with Crippen molar-refractivity contribution < 1.29 is 22.7 Å². The molecule has 2 amide bonds. The number of aryl methyl sites for hydroxylation is 2. The van der Waals surface area contributed by atoms with Gasteiger partial charge in [0.1, 0.15) is 5.75 Å². The van der Waals surface area contributed by atoms with Gasteiger partial charge in [-0.05, 0) is 55.3 Å². The fourth-order valence-electron chi connectivity index (χ4n) is 2.02. The first-order chi connectivity index (χ1) is 11.7. The average molecular weight is 373 g/mol. The third kappa shape index (κ3) is 5.29. The first kappa shape index (κ1) is 18.9. The molecular formula is C17H16ClF3N2O2. The number of nitrogens with one attached hydrogen (secondary N) is 2. The number of anilines is 1. The Kier molecular flexibility index (Phi) is 5.79. The van der Waals surface area contributed by atoms with Gasteiger partial charge in [0.25, 0.3) is 0 Å². The zero-order valence-electron chi connectivity index (χ0n) is 13.5. The maximum atomic E-state index is 13.0. The summed E-state index contributed by atoms with van der Waals surface area (Å²) >= 11 is 5.59. The van der Waals surface area contributed by atoms with Crippen molar-refractivity contribution >= 4 is 23.3 Å². The van der Waals surface area contributed by atoms with Crippen LogP contribution < -0.4 is 15.4 Å². The predicted molar refractivity (Wildman–Crippen MR) is 90.0 cm³/mol. The van der Waals surface area contributed by atoms with Crippen LogP contribution in [0.3, 0.4) is 0 Å². The Balaban J connectivity index is 1.95. The minimum Gasteiger partial charge on any atom is -0.473 e.